The van der Waals surface area contributed by atoms with Crippen LogP contribution in [0.25, 0.3) is 6.08 Å². The Morgan fingerprint density at radius 2 is 1.68 bits per heavy atom. The molecule has 1 aliphatic rings. The molecule has 8 heteroatoms. The van der Waals surface area contributed by atoms with Gasteiger partial charge in [-0.05, 0) is 79.4 Å². The van der Waals surface area contributed by atoms with Crippen molar-refractivity contribution >= 4 is 40.6 Å². The fourth-order valence-electron chi connectivity index (χ4n) is 4.34. The van der Waals surface area contributed by atoms with Crippen LogP contribution in [-0.2, 0) is 9.59 Å². The van der Waals surface area contributed by atoms with Crippen LogP contribution in [0.5, 0.6) is 11.5 Å². The lowest BCUT2D eigenvalue weighted by Crippen LogP contribution is -2.32. The Morgan fingerprint density at radius 1 is 0.950 bits per heavy atom. The number of ether oxygens (including phenoxy) is 2. The Morgan fingerprint density at radius 3 is 2.42 bits per heavy atom. The van der Waals surface area contributed by atoms with Gasteiger partial charge >= 0.3 is 0 Å². The lowest BCUT2D eigenvalue weighted by atomic mass is 10.0. The third-order valence-corrected chi connectivity index (χ3v) is 7.36. The first kappa shape index (κ1) is 29.0. The molecule has 0 unspecified atom stereocenters. The quantitative estimate of drug-likeness (QED) is 0.274. The van der Waals surface area contributed by atoms with E-state index in [0.29, 0.717) is 16.2 Å². The summed E-state index contributed by atoms with van der Waals surface area (Å²) in [6.07, 6.45) is 1.63. The molecule has 0 bridgehead atoms. The van der Waals surface area contributed by atoms with Crippen LogP contribution in [0.1, 0.15) is 47.6 Å². The van der Waals surface area contributed by atoms with E-state index in [1.54, 1.807) is 30.3 Å². The van der Waals surface area contributed by atoms with E-state index >= 15 is 0 Å². The van der Waals surface area contributed by atoms with Gasteiger partial charge in [-0.1, -0.05) is 61.9 Å². The van der Waals surface area contributed by atoms with Crippen molar-refractivity contribution in [3.05, 3.63) is 93.4 Å². The van der Waals surface area contributed by atoms with Gasteiger partial charge in [-0.3, -0.25) is 19.3 Å². The summed E-state index contributed by atoms with van der Waals surface area (Å²) in [7, 11) is 0. The van der Waals surface area contributed by atoms with Gasteiger partial charge in [0.15, 0.2) is 6.61 Å². The molecule has 0 aliphatic carbocycles. The summed E-state index contributed by atoms with van der Waals surface area (Å²) < 4.78 is 11.8. The van der Waals surface area contributed by atoms with Crippen LogP contribution in [0, 0.1) is 20.8 Å². The highest BCUT2D eigenvalue weighted by molar-refractivity contribution is 8.18. The van der Waals surface area contributed by atoms with Gasteiger partial charge in [-0.15, -0.1) is 0 Å². The molecule has 208 valence electrons. The minimum Gasteiger partial charge on any atom is -0.491 e. The number of hydrogen-bond donors (Lipinski definition) is 1. The van der Waals surface area contributed by atoms with Gasteiger partial charge in [-0.25, -0.2) is 0 Å². The molecule has 1 N–H and O–H groups in total. The number of anilines is 1. The highest BCUT2D eigenvalue weighted by atomic mass is 32.2. The second-order valence-electron chi connectivity index (χ2n) is 10.1. The van der Waals surface area contributed by atoms with Crippen molar-refractivity contribution in [1.82, 2.24) is 4.90 Å². The number of nitrogens with zero attached hydrogens (tertiary/aromatic N) is 1. The number of rotatable bonds is 10. The van der Waals surface area contributed by atoms with Crippen LogP contribution in [0.3, 0.4) is 0 Å². The van der Waals surface area contributed by atoms with Crippen molar-refractivity contribution in [2.24, 2.45) is 0 Å². The topological polar surface area (TPSA) is 84.9 Å². The molecule has 3 aromatic carbocycles. The number of aryl methyl sites for hydroxylation is 3. The third kappa shape index (κ3) is 7.12. The maximum atomic E-state index is 13.1. The summed E-state index contributed by atoms with van der Waals surface area (Å²) in [6, 6.07) is 19.0. The number of imide groups is 1. The smallest absolute Gasteiger partial charge is 0.293 e. The van der Waals surface area contributed by atoms with Crippen LogP contribution in [0.15, 0.2) is 65.6 Å². The molecule has 1 heterocycles. The van der Waals surface area contributed by atoms with Gasteiger partial charge in [-0.2, -0.15) is 0 Å². The normalized spacial score (nSPS) is 14.2. The molecular weight excluding hydrogens is 524 g/mol. The van der Waals surface area contributed by atoms with Crippen molar-refractivity contribution in [2.45, 2.75) is 40.5 Å². The Bertz CT molecular complexity index is 1460. The summed E-state index contributed by atoms with van der Waals surface area (Å²) in [5.41, 5.74) is 5.58. The number of carbonyl (C=O) groups excluding carboxylic acids is 3. The largest absolute Gasteiger partial charge is 0.491 e. The van der Waals surface area contributed by atoms with E-state index in [9.17, 15) is 14.4 Å². The SMILES string of the molecule is Cc1ccc(NC(=O)COc2ccccc2/C=C2\SC(=O)N(CCOc3cc(C)ccc3C(C)C)C2=O)c(C)c1. The monoisotopic (exact) mass is 558 g/mol. The molecule has 1 aliphatic heterocycles. The molecule has 0 aromatic heterocycles. The highest BCUT2D eigenvalue weighted by Crippen LogP contribution is 2.34. The standard InChI is InChI=1S/C32H34N2O5S/c1-20(2)25-12-10-22(4)17-28(25)38-15-14-34-31(36)29(40-32(34)37)18-24-8-6-7-9-27(24)39-19-30(35)33-26-13-11-21(3)16-23(26)5/h6-13,16-18,20H,14-15,19H2,1-5H3,(H,33,35)/b29-18-. The fourth-order valence-corrected chi connectivity index (χ4v) is 5.20. The van der Waals surface area contributed by atoms with Gasteiger partial charge < -0.3 is 14.8 Å². The number of thioether (sulfide) groups is 1. The fraction of sp³-hybridized carbons (Fsp3) is 0.281. The molecule has 0 radical (unpaired) electrons. The van der Waals surface area contributed by atoms with Crippen molar-refractivity contribution < 1.29 is 23.9 Å². The zero-order valence-electron chi connectivity index (χ0n) is 23.4. The lowest BCUT2D eigenvalue weighted by molar-refractivity contribution is -0.123. The predicted molar refractivity (Wildman–Crippen MR) is 160 cm³/mol. The van der Waals surface area contributed by atoms with Gasteiger partial charge in [0.2, 0.25) is 0 Å². The second-order valence-corrected chi connectivity index (χ2v) is 11.1. The number of benzene rings is 3. The van der Waals surface area contributed by atoms with E-state index in [2.05, 4.69) is 19.2 Å². The predicted octanol–water partition coefficient (Wildman–Crippen LogP) is 6.87. The molecule has 3 amide bonds. The van der Waals surface area contributed by atoms with Crippen LogP contribution in [-0.4, -0.2) is 41.7 Å². The van der Waals surface area contributed by atoms with Gasteiger partial charge in [0.05, 0.1) is 11.4 Å². The molecule has 0 spiro atoms. The number of nitrogens with one attached hydrogen (secondary N) is 1. The summed E-state index contributed by atoms with van der Waals surface area (Å²) in [4.78, 5) is 39.8. The Hall–Kier alpha value is -4.04. The van der Waals surface area contributed by atoms with E-state index < -0.39 is 0 Å². The zero-order valence-corrected chi connectivity index (χ0v) is 24.3. The summed E-state index contributed by atoms with van der Waals surface area (Å²) in [6.45, 7) is 10.3. The van der Waals surface area contributed by atoms with Crippen LogP contribution >= 0.6 is 11.8 Å². The first-order valence-corrected chi connectivity index (χ1v) is 14.0. The van der Waals surface area contributed by atoms with E-state index in [1.165, 1.54) is 4.90 Å². The van der Waals surface area contributed by atoms with Gasteiger partial charge in [0.1, 0.15) is 18.1 Å². The molecule has 0 saturated carbocycles. The highest BCUT2D eigenvalue weighted by Gasteiger charge is 2.35. The van der Waals surface area contributed by atoms with E-state index in [0.717, 1.165) is 45.5 Å². The molecule has 40 heavy (non-hydrogen) atoms. The maximum absolute atomic E-state index is 13.1. The van der Waals surface area contributed by atoms with Crippen LogP contribution in [0.4, 0.5) is 10.5 Å². The summed E-state index contributed by atoms with van der Waals surface area (Å²) in [5, 5.41) is 2.51. The molecule has 1 fully saturated rings. The Balaban J connectivity index is 1.38. The number of carbonyl (C=O) groups is 3. The van der Waals surface area contributed by atoms with Crippen LogP contribution in [0.2, 0.25) is 0 Å². The summed E-state index contributed by atoms with van der Waals surface area (Å²) >= 11 is 0.879. The van der Waals surface area contributed by atoms with E-state index in [1.807, 2.05) is 57.2 Å². The number of amides is 3. The molecule has 0 atom stereocenters. The molecule has 1 saturated heterocycles. The number of para-hydroxylation sites is 1. The molecule has 3 aromatic rings. The Kier molecular flexibility index (Phi) is 9.32. The molecule has 7 nitrogen and oxygen atoms in total. The van der Waals surface area contributed by atoms with Crippen molar-refractivity contribution in [1.29, 1.82) is 0 Å². The first-order chi connectivity index (χ1) is 19.1. The van der Waals surface area contributed by atoms with Crippen LogP contribution < -0.4 is 14.8 Å². The molecular formula is C32H34N2O5S. The maximum Gasteiger partial charge on any atom is 0.293 e. The zero-order chi connectivity index (χ0) is 28.8. The average Bonchev–Trinajstić information content (AvgIpc) is 3.17. The van der Waals surface area contributed by atoms with Crippen molar-refractivity contribution in [2.75, 3.05) is 25.1 Å². The van der Waals surface area contributed by atoms with E-state index in [-0.39, 0.29) is 42.7 Å². The summed E-state index contributed by atoms with van der Waals surface area (Å²) in [5.74, 6) is 0.820. The lowest BCUT2D eigenvalue weighted by Gasteiger charge is -2.17. The van der Waals surface area contributed by atoms with Gasteiger partial charge in [0, 0.05) is 11.3 Å². The second kappa shape index (κ2) is 12.9. The van der Waals surface area contributed by atoms with Crippen molar-refractivity contribution in [3.63, 3.8) is 0 Å². The molecule has 4 rings (SSSR count). The minimum atomic E-state index is -0.380. The third-order valence-electron chi connectivity index (χ3n) is 6.46. The minimum absolute atomic E-state index is 0.143. The van der Waals surface area contributed by atoms with Crippen molar-refractivity contribution in [3.8, 4) is 11.5 Å². The average molecular weight is 559 g/mol. The van der Waals surface area contributed by atoms with E-state index in [4.69, 9.17) is 9.47 Å². The Labute approximate surface area is 239 Å². The number of hydrogen-bond acceptors (Lipinski definition) is 6. The van der Waals surface area contributed by atoms with Gasteiger partial charge in [0.25, 0.3) is 17.1 Å². The first-order valence-electron chi connectivity index (χ1n) is 13.2.